The predicted octanol–water partition coefficient (Wildman–Crippen LogP) is -0.169. The van der Waals surface area contributed by atoms with Gasteiger partial charge in [-0.15, -0.1) is 4.91 Å². The third kappa shape index (κ3) is 2.48. The molecule has 0 spiro atoms. The number of carbonyl (C=O) groups is 3. The van der Waals surface area contributed by atoms with Crippen LogP contribution in [0.25, 0.3) is 0 Å². The molecule has 0 bridgehead atoms. The monoisotopic (exact) mass is 231 g/mol. The quantitative estimate of drug-likeness (QED) is 0.351. The molecular formula is C9H13NO6. The zero-order chi connectivity index (χ0) is 11.4. The summed E-state index contributed by atoms with van der Waals surface area (Å²) in [7, 11) is 0. The summed E-state index contributed by atoms with van der Waals surface area (Å²) < 4.78 is 0. The highest BCUT2D eigenvalue weighted by Crippen LogP contribution is 2.36. The maximum Gasteiger partial charge on any atom is 0.264 e. The highest BCUT2D eigenvalue weighted by Gasteiger charge is 2.48. The van der Waals surface area contributed by atoms with Crippen LogP contribution in [0.1, 0.15) is 25.7 Å². The minimum atomic E-state index is -0.744. The Morgan fingerprint density at radius 1 is 1.00 bits per heavy atom. The minimum Gasteiger partial charge on any atom is -0.412 e. The molecule has 0 aromatic carbocycles. The van der Waals surface area contributed by atoms with Crippen molar-refractivity contribution >= 4 is 17.3 Å². The van der Waals surface area contributed by atoms with Gasteiger partial charge < -0.3 is 10.7 Å². The Bertz CT molecular complexity index is 287. The standard InChI is InChI=1S/C9H10O3.HNO2.H2O/c10-7-5-3-1-2-4-6(5)8(11)9(7)12;2-1-3;/h5-6H,1-4H2;(H,2,3);1H2. The Morgan fingerprint density at radius 2 is 1.31 bits per heavy atom. The summed E-state index contributed by atoms with van der Waals surface area (Å²) >= 11 is 0. The summed E-state index contributed by atoms with van der Waals surface area (Å²) in [6, 6.07) is 0. The van der Waals surface area contributed by atoms with E-state index in [1.165, 1.54) is 5.34 Å². The third-order valence-electron chi connectivity index (χ3n) is 2.89. The predicted molar refractivity (Wildman–Crippen MR) is 51.7 cm³/mol. The van der Waals surface area contributed by atoms with Gasteiger partial charge in [-0.05, 0) is 12.8 Å². The fourth-order valence-electron chi connectivity index (χ4n) is 2.22. The molecule has 0 aromatic rings. The fraction of sp³-hybridized carbons (Fsp3) is 0.667. The first kappa shape index (κ1) is 14.4. The van der Waals surface area contributed by atoms with Crippen molar-refractivity contribution in [2.45, 2.75) is 25.7 Å². The Morgan fingerprint density at radius 3 is 1.62 bits per heavy atom. The molecule has 2 atom stereocenters. The molecule has 3 N–H and O–H groups in total. The number of rotatable bonds is 0. The van der Waals surface area contributed by atoms with E-state index in [4.69, 9.17) is 10.1 Å². The first-order chi connectivity index (χ1) is 7.13. The number of Topliss-reactive ketones (excluding diaryl/α,β-unsaturated/α-hetero) is 3. The molecule has 2 rings (SSSR count). The second kappa shape index (κ2) is 6.06. The van der Waals surface area contributed by atoms with Crippen molar-refractivity contribution < 1.29 is 25.1 Å². The van der Waals surface area contributed by atoms with Gasteiger partial charge >= 0.3 is 0 Å². The molecule has 90 valence electrons. The van der Waals surface area contributed by atoms with Crippen molar-refractivity contribution in [2.24, 2.45) is 17.2 Å². The summed E-state index contributed by atoms with van der Waals surface area (Å²) in [4.78, 5) is 41.4. The molecule has 16 heavy (non-hydrogen) atoms. The Labute approximate surface area is 91.1 Å². The van der Waals surface area contributed by atoms with E-state index in [0.29, 0.717) is 0 Å². The SMILES string of the molecule is O.O=C1C(=O)C2CCCCC2C1=O.O=NO. The van der Waals surface area contributed by atoms with E-state index in [1.807, 2.05) is 0 Å². The van der Waals surface area contributed by atoms with Gasteiger partial charge in [-0.3, -0.25) is 14.4 Å². The molecule has 2 aliphatic rings. The van der Waals surface area contributed by atoms with Crippen LogP contribution in [0.15, 0.2) is 5.34 Å². The second-order valence-electron chi connectivity index (χ2n) is 3.64. The summed E-state index contributed by atoms with van der Waals surface area (Å²) in [6.45, 7) is 0. The first-order valence-corrected chi connectivity index (χ1v) is 4.72. The second-order valence-corrected chi connectivity index (χ2v) is 3.64. The van der Waals surface area contributed by atoms with Gasteiger partial charge in [-0.1, -0.05) is 12.8 Å². The molecule has 0 radical (unpaired) electrons. The average molecular weight is 231 g/mol. The molecule has 0 saturated heterocycles. The lowest BCUT2D eigenvalue weighted by molar-refractivity contribution is -0.141. The number of nitrogens with zero attached hydrogens (tertiary/aromatic N) is 1. The molecule has 0 amide bonds. The van der Waals surface area contributed by atoms with Gasteiger partial charge in [0.1, 0.15) is 0 Å². The third-order valence-corrected chi connectivity index (χ3v) is 2.89. The van der Waals surface area contributed by atoms with Crippen LogP contribution in [0, 0.1) is 16.7 Å². The van der Waals surface area contributed by atoms with Crippen LogP contribution in [0.2, 0.25) is 0 Å². The van der Waals surface area contributed by atoms with E-state index in [0.717, 1.165) is 25.7 Å². The minimum absolute atomic E-state index is 0. The van der Waals surface area contributed by atoms with Crippen molar-refractivity contribution in [1.29, 1.82) is 0 Å². The highest BCUT2D eigenvalue weighted by molar-refractivity contribution is 6.68. The van der Waals surface area contributed by atoms with Crippen LogP contribution < -0.4 is 0 Å². The van der Waals surface area contributed by atoms with Crippen LogP contribution >= 0.6 is 0 Å². The van der Waals surface area contributed by atoms with E-state index in [-0.39, 0.29) is 17.3 Å². The molecule has 2 aliphatic carbocycles. The average Bonchev–Trinajstić information content (AvgIpc) is 2.46. The van der Waals surface area contributed by atoms with Crippen molar-refractivity contribution in [1.82, 2.24) is 0 Å². The molecule has 7 heteroatoms. The molecule has 2 fully saturated rings. The van der Waals surface area contributed by atoms with E-state index in [9.17, 15) is 14.4 Å². The summed E-state index contributed by atoms with van der Waals surface area (Å²) in [6.07, 6.45) is 3.43. The molecule has 2 unspecified atom stereocenters. The summed E-state index contributed by atoms with van der Waals surface area (Å²) in [5.74, 6) is -2.10. The maximum absolute atomic E-state index is 11.2. The Hall–Kier alpha value is -1.63. The largest absolute Gasteiger partial charge is 0.412 e. The van der Waals surface area contributed by atoms with Gasteiger partial charge in [0.25, 0.3) is 5.78 Å². The lowest BCUT2D eigenvalue weighted by Crippen LogP contribution is -2.21. The molecule has 0 aliphatic heterocycles. The van der Waals surface area contributed by atoms with Crippen LogP contribution in [-0.2, 0) is 14.4 Å². The Kier molecular flexibility index (Phi) is 5.44. The van der Waals surface area contributed by atoms with E-state index < -0.39 is 17.3 Å². The van der Waals surface area contributed by atoms with E-state index in [1.54, 1.807) is 0 Å². The van der Waals surface area contributed by atoms with Gasteiger partial charge in [0.15, 0.2) is 5.34 Å². The van der Waals surface area contributed by atoms with Gasteiger partial charge in [-0.25, -0.2) is 0 Å². The number of hydrogen-bond acceptors (Lipinski definition) is 5. The van der Waals surface area contributed by atoms with Gasteiger partial charge in [0.2, 0.25) is 11.6 Å². The lowest BCUT2D eigenvalue weighted by Gasteiger charge is -2.20. The normalized spacial score (nSPS) is 27.4. The molecule has 2 saturated carbocycles. The molecular weight excluding hydrogens is 218 g/mol. The van der Waals surface area contributed by atoms with Crippen LogP contribution in [0.3, 0.4) is 0 Å². The van der Waals surface area contributed by atoms with Crippen LogP contribution in [-0.4, -0.2) is 28.0 Å². The zero-order valence-corrected chi connectivity index (χ0v) is 8.51. The van der Waals surface area contributed by atoms with Crippen molar-refractivity contribution in [3.63, 3.8) is 0 Å². The van der Waals surface area contributed by atoms with Crippen molar-refractivity contribution in [3.05, 3.63) is 4.91 Å². The van der Waals surface area contributed by atoms with Crippen molar-refractivity contribution in [3.8, 4) is 0 Å². The van der Waals surface area contributed by atoms with E-state index in [2.05, 4.69) is 0 Å². The van der Waals surface area contributed by atoms with Crippen LogP contribution in [0.4, 0.5) is 0 Å². The molecule has 0 heterocycles. The fourth-order valence-corrected chi connectivity index (χ4v) is 2.22. The Balaban J connectivity index is 0.000000511. The number of fused-ring (bicyclic) bond motifs is 1. The highest BCUT2D eigenvalue weighted by atomic mass is 16.6. The summed E-state index contributed by atoms with van der Waals surface area (Å²) in [5.41, 5.74) is 0. The smallest absolute Gasteiger partial charge is 0.264 e. The van der Waals surface area contributed by atoms with Gasteiger partial charge in [-0.2, -0.15) is 0 Å². The van der Waals surface area contributed by atoms with Gasteiger partial charge in [0, 0.05) is 11.8 Å². The lowest BCUT2D eigenvalue weighted by atomic mass is 9.81. The number of hydrogen-bond donors (Lipinski definition) is 1. The number of carbonyl (C=O) groups excluding carboxylic acids is 3. The zero-order valence-electron chi connectivity index (χ0n) is 8.51. The topological polar surface area (TPSA) is 132 Å². The maximum atomic E-state index is 11.2. The van der Waals surface area contributed by atoms with Crippen LogP contribution in [0.5, 0.6) is 0 Å². The van der Waals surface area contributed by atoms with Crippen molar-refractivity contribution in [2.75, 3.05) is 0 Å². The van der Waals surface area contributed by atoms with Gasteiger partial charge in [0.05, 0.1) is 0 Å². The summed E-state index contributed by atoms with van der Waals surface area (Å²) in [5, 5.41) is 7.89. The molecule has 0 aromatic heterocycles. The number of ketones is 3. The van der Waals surface area contributed by atoms with E-state index >= 15 is 0 Å². The first-order valence-electron chi connectivity index (χ1n) is 4.72. The molecule has 7 nitrogen and oxygen atoms in total.